The zero-order valence-electron chi connectivity index (χ0n) is 8.97. The molecular weight excluding hydrogens is 206 g/mol. The highest BCUT2D eigenvalue weighted by molar-refractivity contribution is 7.12. The lowest BCUT2D eigenvalue weighted by Gasteiger charge is -2.16. The number of nitrogens with zero attached hydrogens (tertiary/aromatic N) is 2. The van der Waals surface area contributed by atoms with Crippen LogP contribution in [-0.4, -0.2) is 16.1 Å². The van der Waals surface area contributed by atoms with Crippen LogP contribution in [0.25, 0.3) is 0 Å². The maximum Gasteiger partial charge on any atom is 0.106 e. The summed E-state index contributed by atoms with van der Waals surface area (Å²) in [5.74, 6) is 1.01. The van der Waals surface area contributed by atoms with Gasteiger partial charge in [-0.1, -0.05) is 0 Å². The van der Waals surface area contributed by atoms with Gasteiger partial charge in [0, 0.05) is 28.7 Å². The number of nitrogens with two attached hydrogens (primary N) is 1. The van der Waals surface area contributed by atoms with Crippen LogP contribution in [0.15, 0.2) is 24.5 Å². The van der Waals surface area contributed by atoms with Gasteiger partial charge in [-0.2, -0.15) is 0 Å². The Balaban J connectivity index is 2.36. The van der Waals surface area contributed by atoms with E-state index < -0.39 is 0 Å². The Bertz CT molecular complexity index is 444. The molecule has 0 radical (unpaired) electrons. The van der Waals surface area contributed by atoms with Crippen LogP contribution >= 0.6 is 11.3 Å². The summed E-state index contributed by atoms with van der Waals surface area (Å²) in [6, 6.07) is 4.51. The first-order chi connectivity index (χ1) is 7.22. The van der Waals surface area contributed by atoms with Crippen molar-refractivity contribution in [3.63, 3.8) is 0 Å². The van der Waals surface area contributed by atoms with E-state index in [9.17, 15) is 0 Å². The summed E-state index contributed by atoms with van der Waals surface area (Å²) in [5, 5.41) is 0. The molecule has 0 bridgehead atoms. The lowest BCUT2D eigenvalue weighted by atomic mass is 10.2. The molecule has 0 aromatic carbocycles. The van der Waals surface area contributed by atoms with Gasteiger partial charge in [0.15, 0.2) is 0 Å². The zero-order valence-corrected chi connectivity index (χ0v) is 9.79. The van der Waals surface area contributed by atoms with Gasteiger partial charge in [-0.3, -0.25) is 0 Å². The number of imidazole rings is 1. The molecule has 1 unspecified atom stereocenters. The summed E-state index contributed by atoms with van der Waals surface area (Å²) < 4.78 is 2.13. The Labute approximate surface area is 93.6 Å². The van der Waals surface area contributed by atoms with E-state index in [2.05, 4.69) is 28.6 Å². The average Bonchev–Trinajstić information content (AvgIpc) is 2.79. The van der Waals surface area contributed by atoms with Crippen LogP contribution in [-0.2, 0) is 0 Å². The molecule has 0 saturated heterocycles. The maximum atomic E-state index is 5.83. The largest absolute Gasteiger partial charge is 0.328 e. The number of hydrogen-bond acceptors (Lipinski definition) is 3. The molecule has 1 atom stereocenters. The van der Waals surface area contributed by atoms with E-state index >= 15 is 0 Å². The minimum absolute atomic E-state index is 0.228. The first-order valence-electron chi connectivity index (χ1n) is 4.98. The maximum absolute atomic E-state index is 5.83. The third-order valence-electron chi connectivity index (χ3n) is 2.51. The second-order valence-electron chi connectivity index (χ2n) is 3.58. The Morgan fingerprint density at radius 2 is 2.27 bits per heavy atom. The molecule has 0 spiro atoms. The van der Waals surface area contributed by atoms with Gasteiger partial charge in [0.2, 0.25) is 0 Å². The fraction of sp³-hybridized carbons (Fsp3) is 0.364. The predicted molar refractivity (Wildman–Crippen MR) is 63.2 cm³/mol. The second kappa shape index (κ2) is 4.16. The van der Waals surface area contributed by atoms with E-state index in [0.717, 1.165) is 5.82 Å². The molecule has 2 heterocycles. The van der Waals surface area contributed by atoms with Crippen molar-refractivity contribution in [1.29, 1.82) is 0 Å². The monoisotopic (exact) mass is 221 g/mol. The molecule has 2 N–H and O–H groups in total. The molecule has 80 valence electrons. The standard InChI is InChI=1S/C11H15N3S/c1-8-3-4-11(15-8)10(7-12)14-6-5-13-9(14)2/h3-6,10H,7,12H2,1-2H3. The fourth-order valence-corrected chi connectivity index (χ4v) is 2.71. The Hall–Kier alpha value is -1.13. The van der Waals surface area contributed by atoms with Gasteiger partial charge in [-0.05, 0) is 26.0 Å². The SMILES string of the molecule is Cc1ccc(C(CN)n2ccnc2C)s1. The van der Waals surface area contributed by atoms with Crippen molar-refractivity contribution in [3.8, 4) is 0 Å². The van der Waals surface area contributed by atoms with Crippen LogP contribution in [0.2, 0.25) is 0 Å². The molecule has 0 fully saturated rings. The van der Waals surface area contributed by atoms with Crippen LogP contribution in [0.4, 0.5) is 0 Å². The van der Waals surface area contributed by atoms with E-state index in [-0.39, 0.29) is 6.04 Å². The van der Waals surface area contributed by atoms with Crippen molar-refractivity contribution in [2.24, 2.45) is 5.73 Å². The summed E-state index contributed by atoms with van der Waals surface area (Å²) in [5.41, 5.74) is 5.83. The molecule has 2 aromatic heterocycles. The molecule has 2 aromatic rings. The van der Waals surface area contributed by atoms with Crippen molar-refractivity contribution in [2.75, 3.05) is 6.54 Å². The van der Waals surface area contributed by atoms with Gasteiger partial charge < -0.3 is 10.3 Å². The minimum Gasteiger partial charge on any atom is -0.328 e. The van der Waals surface area contributed by atoms with Crippen LogP contribution < -0.4 is 5.73 Å². The third kappa shape index (κ3) is 1.96. The van der Waals surface area contributed by atoms with Crippen molar-refractivity contribution in [2.45, 2.75) is 19.9 Å². The Morgan fingerprint density at radius 1 is 1.47 bits per heavy atom. The molecule has 15 heavy (non-hydrogen) atoms. The smallest absolute Gasteiger partial charge is 0.106 e. The van der Waals surface area contributed by atoms with Gasteiger partial charge in [0.1, 0.15) is 5.82 Å². The molecule has 2 rings (SSSR count). The van der Waals surface area contributed by atoms with Gasteiger partial charge in [0.05, 0.1) is 6.04 Å². The molecule has 0 aliphatic heterocycles. The number of aryl methyl sites for hydroxylation is 2. The second-order valence-corrected chi connectivity index (χ2v) is 4.90. The Morgan fingerprint density at radius 3 is 2.73 bits per heavy atom. The number of aromatic nitrogens is 2. The quantitative estimate of drug-likeness (QED) is 0.862. The lowest BCUT2D eigenvalue weighted by molar-refractivity contribution is 0.587. The highest BCUT2D eigenvalue weighted by Gasteiger charge is 2.14. The van der Waals surface area contributed by atoms with E-state index in [0.29, 0.717) is 6.54 Å². The van der Waals surface area contributed by atoms with Gasteiger partial charge >= 0.3 is 0 Å². The summed E-state index contributed by atoms with van der Waals surface area (Å²) in [7, 11) is 0. The molecular formula is C11H15N3S. The highest BCUT2D eigenvalue weighted by atomic mass is 32.1. The van der Waals surface area contributed by atoms with Crippen LogP contribution in [0, 0.1) is 13.8 Å². The fourth-order valence-electron chi connectivity index (χ4n) is 1.72. The van der Waals surface area contributed by atoms with E-state index in [1.165, 1.54) is 9.75 Å². The predicted octanol–water partition coefficient (Wildman–Crippen LogP) is 2.11. The molecule has 0 saturated carbocycles. The summed E-state index contributed by atoms with van der Waals surface area (Å²) >= 11 is 1.80. The van der Waals surface area contributed by atoms with Gasteiger partial charge in [-0.15, -0.1) is 11.3 Å². The summed E-state index contributed by atoms with van der Waals surface area (Å²) in [4.78, 5) is 6.85. The number of hydrogen-bond donors (Lipinski definition) is 1. The van der Waals surface area contributed by atoms with Crippen LogP contribution in [0.5, 0.6) is 0 Å². The van der Waals surface area contributed by atoms with Crippen molar-refractivity contribution < 1.29 is 0 Å². The van der Waals surface area contributed by atoms with Gasteiger partial charge in [0.25, 0.3) is 0 Å². The van der Waals surface area contributed by atoms with Crippen molar-refractivity contribution >= 4 is 11.3 Å². The van der Waals surface area contributed by atoms with Gasteiger partial charge in [-0.25, -0.2) is 4.98 Å². The number of thiophene rings is 1. The number of rotatable bonds is 3. The highest BCUT2D eigenvalue weighted by Crippen LogP contribution is 2.25. The first kappa shape index (κ1) is 10.4. The van der Waals surface area contributed by atoms with Crippen LogP contribution in [0.3, 0.4) is 0 Å². The van der Waals surface area contributed by atoms with E-state index in [1.807, 2.05) is 19.3 Å². The average molecular weight is 221 g/mol. The van der Waals surface area contributed by atoms with Crippen LogP contribution in [0.1, 0.15) is 21.6 Å². The van der Waals surface area contributed by atoms with E-state index in [1.54, 1.807) is 11.3 Å². The first-order valence-corrected chi connectivity index (χ1v) is 5.80. The third-order valence-corrected chi connectivity index (χ3v) is 3.61. The normalized spacial score (nSPS) is 13.0. The lowest BCUT2D eigenvalue weighted by Crippen LogP contribution is -2.19. The van der Waals surface area contributed by atoms with Crippen molar-refractivity contribution in [3.05, 3.63) is 40.1 Å². The molecule has 3 nitrogen and oxygen atoms in total. The van der Waals surface area contributed by atoms with E-state index in [4.69, 9.17) is 5.73 Å². The molecule has 4 heteroatoms. The van der Waals surface area contributed by atoms with Crippen molar-refractivity contribution in [1.82, 2.24) is 9.55 Å². The Kier molecular flexibility index (Phi) is 2.88. The summed E-state index contributed by atoms with van der Waals surface area (Å²) in [6.07, 6.45) is 3.81. The topological polar surface area (TPSA) is 43.8 Å². The molecule has 0 aliphatic rings. The zero-order chi connectivity index (χ0) is 10.8. The molecule has 0 amide bonds. The summed E-state index contributed by atoms with van der Waals surface area (Å²) in [6.45, 7) is 4.72. The minimum atomic E-state index is 0.228. The molecule has 0 aliphatic carbocycles.